The number of hydrogen-bond donors (Lipinski definition) is 2. The van der Waals surface area contributed by atoms with Crippen LogP contribution in [0.2, 0.25) is 0 Å². The lowest BCUT2D eigenvalue weighted by atomic mass is 10.2. The fraction of sp³-hybridized carbons (Fsp3) is 0.0667. The summed E-state index contributed by atoms with van der Waals surface area (Å²) in [5, 5.41) is 13.8. The lowest BCUT2D eigenvalue weighted by molar-refractivity contribution is 0.0955. The molecular weight excluding hydrogens is 496 g/mol. The summed E-state index contributed by atoms with van der Waals surface area (Å²) in [6.45, 7) is 0. The van der Waals surface area contributed by atoms with E-state index < -0.39 is 0 Å². The second-order valence-electron chi connectivity index (χ2n) is 4.34. The van der Waals surface area contributed by atoms with E-state index in [1.54, 1.807) is 37.4 Å². The van der Waals surface area contributed by atoms with Crippen LogP contribution in [0.1, 0.15) is 15.9 Å². The van der Waals surface area contributed by atoms with Gasteiger partial charge in [0, 0.05) is 15.6 Å². The van der Waals surface area contributed by atoms with E-state index in [-0.39, 0.29) is 11.7 Å². The maximum atomic E-state index is 12.0. The molecule has 2 aromatic rings. The van der Waals surface area contributed by atoms with Crippen LogP contribution in [0.4, 0.5) is 0 Å². The van der Waals surface area contributed by atoms with Gasteiger partial charge in [-0.25, -0.2) is 5.43 Å². The topological polar surface area (TPSA) is 70.9 Å². The van der Waals surface area contributed by atoms with Crippen molar-refractivity contribution in [2.75, 3.05) is 7.11 Å². The predicted molar refractivity (Wildman–Crippen MR) is 99.3 cm³/mol. The average Bonchev–Trinajstić information content (AvgIpc) is 2.55. The molecule has 8 heteroatoms. The Morgan fingerprint density at radius 2 is 1.87 bits per heavy atom. The van der Waals surface area contributed by atoms with Crippen LogP contribution in [0.3, 0.4) is 0 Å². The van der Waals surface area contributed by atoms with E-state index >= 15 is 0 Å². The first-order valence-electron chi connectivity index (χ1n) is 6.28. The monoisotopic (exact) mass is 504 g/mol. The number of halogens is 3. The highest BCUT2D eigenvalue weighted by Crippen LogP contribution is 2.38. The van der Waals surface area contributed by atoms with Crippen LogP contribution in [0.15, 0.2) is 48.9 Å². The maximum Gasteiger partial charge on any atom is 0.271 e. The van der Waals surface area contributed by atoms with Crippen molar-refractivity contribution in [1.29, 1.82) is 0 Å². The summed E-state index contributed by atoms with van der Waals surface area (Å²) in [7, 11) is 1.56. The second-order valence-corrected chi connectivity index (χ2v) is 6.85. The number of phenolic OH excluding ortho intramolecular Hbond substituents is 1. The Morgan fingerprint density at radius 1 is 1.22 bits per heavy atom. The van der Waals surface area contributed by atoms with E-state index in [1.165, 1.54) is 6.21 Å². The number of carbonyl (C=O) groups is 1. The Balaban J connectivity index is 2.12. The lowest BCUT2D eigenvalue weighted by Gasteiger charge is -2.07. The molecule has 2 aromatic carbocycles. The Kier molecular flexibility index (Phi) is 6.20. The molecule has 2 rings (SSSR count). The van der Waals surface area contributed by atoms with Crippen LogP contribution in [0.5, 0.6) is 11.5 Å². The molecule has 1 amide bonds. The minimum atomic E-state index is -0.350. The number of nitrogens with zero attached hydrogens (tertiary/aromatic N) is 1. The standard InChI is InChI=1S/C15H11Br3N2O3/c1-23-9-4-2-8(3-5-9)15(22)20-19-7-10-11(16)6-12(17)14(21)13(10)18/h2-7,21H,1H3,(H,20,22)/b19-7-. The zero-order valence-electron chi connectivity index (χ0n) is 11.8. The molecule has 0 radical (unpaired) electrons. The van der Waals surface area contributed by atoms with Crippen LogP contribution in [-0.2, 0) is 0 Å². The van der Waals surface area contributed by atoms with Gasteiger partial charge < -0.3 is 9.84 Å². The summed E-state index contributed by atoms with van der Waals surface area (Å²) < 4.78 is 6.74. The van der Waals surface area contributed by atoms with E-state index in [0.717, 1.165) is 0 Å². The number of phenols is 1. The van der Waals surface area contributed by atoms with Gasteiger partial charge in [-0.3, -0.25) is 4.79 Å². The van der Waals surface area contributed by atoms with Crippen LogP contribution in [0, 0.1) is 0 Å². The molecule has 0 bridgehead atoms. The first kappa shape index (κ1) is 18.0. The number of benzene rings is 2. The van der Waals surface area contributed by atoms with Gasteiger partial charge in [-0.05, 0) is 62.2 Å². The molecule has 0 atom stereocenters. The zero-order valence-corrected chi connectivity index (χ0v) is 16.6. The summed E-state index contributed by atoms with van der Waals surface area (Å²) in [6.07, 6.45) is 1.43. The molecule has 5 nitrogen and oxygen atoms in total. The molecule has 120 valence electrons. The first-order chi connectivity index (χ1) is 10.9. The van der Waals surface area contributed by atoms with Gasteiger partial charge in [0.2, 0.25) is 0 Å². The third-order valence-electron chi connectivity index (χ3n) is 2.89. The molecule has 0 aromatic heterocycles. The van der Waals surface area contributed by atoms with E-state index in [1.807, 2.05) is 0 Å². The number of nitrogens with one attached hydrogen (secondary N) is 1. The minimum Gasteiger partial charge on any atom is -0.506 e. The molecule has 0 saturated carbocycles. The Bertz CT molecular complexity index is 762. The first-order valence-corrected chi connectivity index (χ1v) is 8.66. The molecule has 0 unspecified atom stereocenters. The van der Waals surface area contributed by atoms with Crippen molar-refractivity contribution in [3.05, 3.63) is 54.9 Å². The van der Waals surface area contributed by atoms with Crippen LogP contribution < -0.4 is 10.2 Å². The number of carbonyl (C=O) groups excluding carboxylic acids is 1. The van der Waals surface area contributed by atoms with Crippen molar-refractivity contribution in [2.45, 2.75) is 0 Å². The van der Waals surface area contributed by atoms with Crippen LogP contribution in [-0.4, -0.2) is 24.3 Å². The third-order valence-corrected chi connectivity index (χ3v) is 4.96. The average molecular weight is 507 g/mol. The van der Waals surface area contributed by atoms with Gasteiger partial charge in [-0.1, -0.05) is 15.9 Å². The van der Waals surface area contributed by atoms with Gasteiger partial charge in [-0.2, -0.15) is 5.10 Å². The third kappa shape index (κ3) is 4.33. The molecular formula is C15H11Br3N2O3. The number of hydrazone groups is 1. The van der Waals surface area contributed by atoms with Gasteiger partial charge in [0.05, 0.1) is 22.3 Å². The molecule has 0 aliphatic heterocycles. The quantitative estimate of drug-likeness (QED) is 0.475. The molecule has 0 spiro atoms. The number of rotatable bonds is 4. The maximum absolute atomic E-state index is 12.0. The van der Waals surface area contributed by atoms with Crippen molar-refractivity contribution in [3.8, 4) is 11.5 Å². The predicted octanol–water partition coefficient (Wildman–Crippen LogP) is 4.45. The second kappa shape index (κ2) is 7.94. The number of amides is 1. The normalized spacial score (nSPS) is 10.8. The van der Waals surface area contributed by atoms with E-state index in [0.29, 0.717) is 30.3 Å². The minimum absolute atomic E-state index is 0.0520. The highest BCUT2D eigenvalue weighted by atomic mass is 79.9. The molecule has 0 fully saturated rings. The largest absolute Gasteiger partial charge is 0.506 e. The summed E-state index contributed by atoms with van der Waals surface area (Å²) in [5.41, 5.74) is 3.48. The number of hydrogen-bond acceptors (Lipinski definition) is 4. The smallest absolute Gasteiger partial charge is 0.271 e. The number of ether oxygens (including phenoxy) is 1. The Labute approximate surface area is 158 Å². The molecule has 0 aliphatic carbocycles. The SMILES string of the molecule is COc1ccc(C(=O)N/N=C\c2c(Br)cc(Br)c(O)c2Br)cc1. The Hall–Kier alpha value is -1.38. The molecule has 23 heavy (non-hydrogen) atoms. The van der Waals surface area contributed by atoms with E-state index in [2.05, 4.69) is 58.3 Å². The summed E-state index contributed by atoms with van der Waals surface area (Å²) in [4.78, 5) is 12.0. The number of methoxy groups -OCH3 is 1. The van der Waals surface area contributed by atoms with Crippen LogP contribution in [0.25, 0.3) is 0 Å². The summed E-state index contributed by atoms with van der Waals surface area (Å²) in [5.74, 6) is 0.372. The molecule has 2 N–H and O–H groups in total. The molecule has 0 aliphatic rings. The van der Waals surface area contributed by atoms with E-state index in [9.17, 15) is 9.90 Å². The van der Waals surface area contributed by atoms with Crippen molar-refractivity contribution < 1.29 is 14.6 Å². The zero-order chi connectivity index (χ0) is 17.0. The Morgan fingerprint density at radius 3 is 2.48 bits per heavy atom. The highest BCUT2D eigenvalue weighted by molar-refractivity contribution is 9.11. The lowest BCUT2D eigenvalue weighted by Crippen LogP contribution is -2.17. The molecule has 0 saturated heterocycles. The van der Waals surface area contributed by atoms with E-state index in [4.69, 9.17) is 4.74 Å². The fourth-order valence-corrected chi connectivity index (χ4v) is 4.00. The van der Waals surface area contributed by atoms with Crippen molar-refractivity contribution >= 4 is 59.9 Å². The van der Waals surface area contributed by atoms with Gasteiger partial charge in [0.25, 0.3) is 5.91 Å². The molecule has 0 heterocycles. The van der Waals surface area contributed by atoms with Crippen molar-refractivity contribution in [3.63, 3.8) is 0 Å². The van der Waals surface area contributed by atoms with Gasteiger partial charge in [0.1, 0.15) is 11.5 Å². The van der Waals surface area contributed by atoms with Crippen molar-refractivity contribution in [2.24, 2.45) is 5.10 Å². The highest BCUT2D eigenvalue weighted by Gasteiger charge is 2.12. The van der Waals surface area contributed by atoms with Gasteiger partial charge >= 0.3 is 0 Å². The van der Waals surface area contributed by atoms with Gasteiger partial charge in [0.15, 0.2) is 0 Å². The van der Waals surface area contributed by atoms with Crippen LogP contribution >= 0.6 is 47.8 Å². The fourth-order valence-electron chi connectivity index (χ4n) is 1.68. The van der Waals surface area contributed by atoms with Crippen molar-refractivity contribution in [1.82, 2.24) is 5.43 Å². The summed E-state index contributed by atoms with van der Waals surface area (Å²) >= 11 is 9.88. The summed E-state index contributed by atoms with van der Waals surface area (Å²) in [6, 6.07) is 8.35. The van der Waals surface area contributed by atoms with Gasteiger partial charge in [-0.15, -0.1) is 0 Å². The number of aromatic hydroxyl groups is 1.